The molecule has 1 saturated carbocycles. The lowest BCUT2D eigenvalue weighted by Crippen LogP contribution is -2.43. The molecule has 0 saturated heterocycles. The maximum atomic E-state index is 13.8. The summed E-state index contributed by atoms with van der Waals surface area (Å²) in [5, 5.41) is 3.28. The zero-order chi connectivity index (χ0) is 30.7. The van der Waals surface area contributed by atoms with E-state index in [1.54, 1.807) is 27.8 Å². The molecule has 2 aromatic carbocycles. The Bertz CT molecular complexity index is 1260. The standard InChI is InChI=1S/C32H43F3N4O3/c1-22-25-10-8-12-28(26(25)15-16-38(22)20-23-13-14-23)36-19-29(40)39(18-17-37(5)30(41)42-31(2,3)4)21-24-9-6-7-11-27(24)32(33,34)35/h6-12,22-23,36H,13-21H2,1-5H3. The van der Waals surface area contributed by atoms with Gasteiger partial charge in [-0.2, -0.15) is 13.2 Å². The second kappa shape index (κ2) is 12.9. The molecule has 1 aliphatic carbocycles. The van der Waals surface area contributed by atoms with Gasteiger partial charge in [-0.3, -0.25) is 9.69 Å². The van der Waals surface area contributed by atoms with Gasteiger partial charge in [0.2, 0.25) is 5.91 Å². The molecule has 1 unspecified atom stereocenters. The number of hydrogen-bond acceptors (Lipinski definition) is 5. The van der Waals surface area contributed by atoms with Gasteiger partial charge in [0.1, 0.15) is 5.60 Å². The highest BCUT2D eigenvalue weighted by atomic mass is 19.4. The predicted octanol–water partition coefficient (Wildman–Crippen LogP) is 6.34. The first kappa shape index (κ1) is 31.7. The van der Waals surface area contributed by atoms with Gasteiger partial charge in [-0.25, -0.2) is 4.79 Å². The van der Waals surface area contributed by atoms with E-state index in [1.165, 1.54) is 52.0 Å². The van der Waals surface area contributed by atoms with E-state index in [0.29, 0.717) is 0 Å². The minimum absolute atomic E-state index is 0.0000552. The van der Waals surface area contributed by atoms with Crippen molar-refractivity contribution in [2.45, 2.75) is 71.3 Å². The van der Waals surface area contributed by atoms with Crippen LogP contribution in [0.25, 0.3) is 0 Å². The van der Waals surface area contributed by atoms with E-state index >= 15 is 0 Å². The van der Waals surface area contributed by atoms with Gasteiger partial charge in [0.05, 0.1) is 12.1 Å². The van der Waals surface area contributed by atoms with Gasteiger partial charge in [-0.15, -0.1) is 0 Å². The fourth-order valence-corrected chi connectivity index (χ4v) is 5.38. The summed E-state index contributed by atoms with van der Waals surface area (Å²) in [4.78, 5) is 31.2. The lowest BCUT2D eigenvalue weighted by Gasteiger charge is -2.36. The molecule has 7 nitrogen and oxygen atoms in total. The first-order valence-corrected chi connectivity index (χ1v) is 14.7. The maximum absolute atomic E-state index is 13.8. The van der Waals surface area contributed by atoms with E-state index in [4.69, 9.17) is 4.74 Å². The molecule has 0 bridgehead atoms. The van der Waals surface area contributed by atoms with Gasteiger partial charge < -0.3 is 19.9 Å². The minimum Gasteiger partial charge on any atom is -0.444 e. The van der Waals surface area contributed by atoms with Gasteiger partial charge in [0, 0.05) is 51.5 Å². The SMILES string of the molecule is CC1c2cccc(NCC(=O)N(CCN(C)C(=O)OC(C)(C)C)Cc3ccccc3C(F)(F)F)c2CCN1CC1CC1. The molecule has 1 heterocycles. The lowest BCUT2D eigenvalue weighted by atomic mass is 9.92. The van der Waals surface area contributed by atoms with Crippen LogP contribution in [0.3, 0.4) is 0 Å². The molecular weight excluding hydrogens is 545 g/mol. The third-order valence-corrected chi connectivity index (χ3v) is 7.93. The van der Waals surface area contributed by atoms with E-state index in [-0.39, 0.29) is 43.7 Å². The van der Waals surface area contributed by atoms with Gasteiger partial charge in [0.25, 0.3) is 0 Å². The number of fused-ring (bicyclic) bond motifs is 1. The zero-order valence-corrected chi connectivity index (χ0v) is 25.3. The van der Waals surface area contributed by atoms with Crippen LogP contribution < -0.4 is 5.32 Å². The van der Waals surface area contributed by atoms with Crippen LogP contribution in [0.15, 0.2) is 42.5 Å². The topological polar surface area (TPSA) is 65.1 Å². The Balaban J connectivity index is 1.48. The first-order valence-electron chi connectivity index (χ1n) is 14.7. The molecule has 42 heavy (non-hydrogen) atoms. The monoisotopic (exact) mass is 588 g/mol. The number of carbonyl (C=O) groups excluding carboxylic acids is 2. The molecule has 2 amide bonds. The smallest absolute Gasteiger partial charge is 0.416 e. The van der Waals surface area contributed by atoms with Crippen molar-refractivity contribution in [1.29, 1.82) is 0 Å². The number of carbonyl (C=O) groups is 2. The van der Waals surface area contributed by atoms with E-state index in [1.807, 2.05) is 12.1 Å². The van der Waals surface area contributed by atoms with Crippen molar-refractivity contribution in [3.63, 3.8) is 0 Å². The summed E-state index contributed by atoms with van der Waals surface area (Å²) in [5.74, 6) is 0.442. The average Bonchev–Trinajstić information content (AvgIpc) is 3.74. The fourth-order valence-electron chi connectivity index (χ4n) is 5.38. The number of nitrogens with one attached hydrogen (secondary N) is 1. The summed E-state index contributed by atoms with van der Waals surface area (Å²) in [5.41, 5.74) is 1.83. The van der Waals surface area contributed by atoms with Gasteiger partial charge >= 0.3 is 12.3 Å². The molecule has 0 radical (unpaired) electrons. The number of rotatable bonds is 10. The van der Waals surface area contributed by atoms with Gasteiger partial charge in [-0.05, 0) is 81.7 Å². The van der Waals surface area contributed by atoms with E-state index in [0.717, 1.165) is 37.2 Å². The number of anilines is 1. The van der Waals surface area contributed by atoms with Crippen molar-refractivity contribution < 1.29 is 27.5 Å². The number of ether oxygens (including phenoxy) is 1. The summed E-state index contributed by atoms with van der Waals surface area (Å²) in [6.07, 6.45) is -1.64. The molecule has 1 aliphatic heterocycles. The van der Waals surface area contributed by atoms with Gasteiger partial charge in [0.15, 0.2) is 0 Å². The summed E-state index contributed by atoms with van der Waals surface area (Å²) in [6.45, 7) is 9.37. The molecule has 2 aliphatic rings. The Hall–Kier alpha value is -3.27. The number of amides is 2. The number of halogens is 3. The van der Waals surface area contributed by atoms with Crippen molar-refractivity contribution in [2.24, 2.45) is 5.92 Å². The molecular formula is C32H43F3N4O3. The van der Waals surface area contributed by atoms with Gasteiger partial charge in [-0.1, -0.05) is 30.3 Å². The van der Waals surface area contributed by atoms with Crippen LogP contribution in [0, 0.1) is 5.92 Å². The Morgan fingerprint density at radius 2 is 1.76 bits per heavy atom. The van der Waals surface area contributed by atoms with Crippen LogP contribution in [0.4, 0.5) is 23.7 Å². The van der Waals surface area contributed by atoms with Crippen molar-refractivity contribution in [2.75, 3.05) is 45.1 Å². The maximum Gasteiger partial charge on any atom is 0.416 e. The minimum atomic E-state index is -4.55. The number of alkyl halides is 3. The normalized spacial score (nSPS) is 17.4. The summed E-state index contributed by atoms with van der Waals surface area (Å²) < 4.78 is 46.6. The van der Waals surface area contributed by atoms with Crippen LogP contribution in [0.2, 0.25) is 0 Å². The molecule has 0 spiro atoms. The highest BCUT2D eigenvalue weighted by Gasteiger charge is 2.34. The van der Waals surface area contributed by atoms with Crippen LogP contribution in [-0.2, 0) is 28.7 Å². The molecule has 4 rings (SSSR count). The Morgan fingerprint density at radius 3 is 2.43 bits per heavy atom. The van der Waals surface area contributed by atoms with E-state index < -0.39 is 23.4 Å². The van der Waals surface area contributed by atoms with Crippen molar-refractivity contribution in [3.8, 4) is 0 Å². The van der Waals surface area contributed by atoms with Crippen LogP contribution in [0.5, 0.6) is 0 Å². The Kier molecular flexibility index (Phi) is 9.75. The number of benzene rings is 2. The van der Waals surface area contributed by atoms with Crippen LogP contribution in [-0.4, -0.2) is 72.1 Å². The number of likely N-dealkylation sites (N-methyl/N-ethyl adjacent to an activating group) is 1. The molecule has 0 aromatic heterocycles. The number of hydrogen-bond donors (Lipinski definition) is 1. The number of nitrogens with zero attached hydrogens (tertiary/aromatic N) is 3. The third-order valence-electron chi connectivity index (χ3n) is 7.93. The second-order valence-electron chi connectivity index (χ2n) is 12.5. The molecule has 1 atom stereocenters. The van der Waals surface area contributed by atoms with Crippen molar-refractivity contribution >= 4 is 17.7 Å². The molecule has 2 aromatic rings. The quantitative estimate of drug-likeness (QED) is 0.351. The van der Waals surface area contributed by atoms with Crippen molar-refractivity contribution in [3.05, 3.63) is 64.7 Å². The lowest BCUT2D eigenvalue weighted by molar-refractivity contribution is -0.139. The third kappa shape index (κ3) is 8.40. The molecule has 10 heteroatoms. The van der Waals surface area contributed by atoms with Crippen molar-refractivity contribution in [1.82, 2.24) is 14.7 Å². The molecule has 1 fully saturated rings. The fraction of sp³-hybridized carbons (Fsp3) is 0.562. The Morgan fingerprint density at radius 1 is 1.05 bits per heavy atom. The Labute approximate surface area is 247 Å². The average molecular weight is 589 g/mol. The molecule has 230 valence electrons. The second-order valence-corrected chi connectivity index (χ2v) is 12.5. The van der Waals surface area contributed by atoms with Crippen LogP contribution >= 0.6 is 0 Å². The summed E-state index contributed by atoms with van der Waals surface area (Å²) in [6, 6.07) is 11.6. The molecule has 1 N–H and O–H groups in total. The summed E-state index contributed by atoms with van der Waals surface area (Å²) >= 11 is 0. The summed E-state index contributed by atoms with van der Waals surface area (Å²) in [7, 11) is 1.54. The highest BCUT2D eigenvalue weighted by molar-refractivity contribution is 5.81. The highest BCUT2D eigenvalue weighted by Crippen LogP contribution is 2.38. The van der Waals surface area contributed by atoms with Crippen LogP contribution in [0.1, 0.15) is 68.8 Å². The first-order chi connectivity index (χ1) is 19.7. The van der Waals surface area contributed by atoms with E-state index in [2.05, 4.69) is 23.2 Å². The largest absolute Gasteiger partial charge is 0.444 e. The zero-order valence-electron chi connectivity index (χ0n) is 25.3. The van der Waals surface area contributed by atoms with E-state index in [9.17, 15) is 22.8 Å². The predicted molar refractivity (Wildman–Crippen MR) is 157 cm³/mol.